The highest BCUT2D eigenvalue weighted by Crippen LogP contribution is 2.04. The van der Waals surface area contributed by atoms with Gasteiger partial charge in [-0.2, -0.15) is 0 Å². The number of nitrogens with two attached hydrogens (primary N) is 1. The smallest absolute Gasteiger partial charge is 0.226 e. The molecule has 1 amide bonds. The molecule has 0 aromatic carbocycles. The molecule has 5 nitrogen and oxygen atoms in total. The Hall–Kier alpha value is -0.650. The quantitative estimate of drug-likeness (QED) is 0.622. The Kier molecular flexibility index (Phi) is 9.83. The molecule has 0 fully saturated rings. The van der Waals surface area contributed by atoms with Gasteiger partial charge in [0.05, 0.1) is 0 Å². The topological polar surface area (TPSA) is 52.8 Å². The van der Waals surface area contributed by atoms with Gasteiger partial charge in [0.25, 0.3) is 0 Å². The van der Waals surface area contributed by atoms with Gasteiger partial charge in [-0.15, -0.1) is 0 Å². The molecule has 0 aromatic rings. The van der Waals surface area contributed by atoms with E-state index in [2.05, 4.69) is 38.0 Å². The van der Waals surface area contributed by atoms with Crippen molar-refractivity contribution in [2.45, 2.75) is 19.8 Å². The molecule has 0 rings (SSSR count). The largest absolute Gasteiger partial charge is 0.342 e. The van der Waals surface area contributed by atoms with Gasteiger partial charge in [0.2, 0.25) is 5.91 Å². The van der Waals surface area contributed by atoms with Gasteiger partial charge < -0.3 is 20.4 Å². The summed E-state index contributed by atoms with van der Waals surface area (Å²) >= 11 is 0. The minimum absolute atomic E-state index is 0.0706. The van der Waals surface area contributed by atoms with Crippen molar-refractivity contribution in [2.75, 3.05) is 60.9 Å². The van der Waals surface area contributed by atoms with E-state index in [1.54, 1.807) is 0 Å². The lowest BCUT2D eigenvalue weighted by Crippen LogP contribution is -2.40. The highest BCUT2D eigenvalue weighted by Gasteiger charge is 2.18. The summed E-state index contributed by atoms with van der Waals surface area (Å²) in [6.07, 6.45) is 2.02. The maximum atomic E-state index is 12.2. The van der Waals surface area contributed by atoms with Crippen molar-refractivity contribution < 1.29 is 4.79 Å². The van der Waals surface area contributed by atoms with Crippen molar-refractivity contribution in [1.29, 1.82) is 0 Å². The normalized spacial score (nSPS) is 13.1. The van der Waals surface area contributed by atoms with Crippen LogP contribution in [-0.4, -0.2) is 81.5 Å². The summed E-state index contributed by atoms with van der Waals surface area (Å²) in [7, 11) is 8.23. The summed E-state index contributed by atoms with van der Waals surface area (Å²) < 4.78 is 0. The van der Waals surface area contributed by atoms with E-state index in [1.165, 1.54) is 0 Å². The summed E-state index contributed by atoms with van der Waals surface area (Å²) in [5.41, 5.74) is 5.60. The van der Waals surface area contributed by atoms with E-state index in [0.29, 0.717) is 6.54 Å². The van der Waals surface area contributed by atoms with Crippen LogP contribution < -0.4 is 5.73 Å². The monoisotopic (exact) mass is 272 g/mol. The van der Waals surface area contributed by atoms with Crippen LogP contribution in [0.5, 0.6) is 0 Å². The molecule has 0 heterocycles. The highest BCUT2D eigenvalue weighted by atomic mass is 16.2. The van der Waals surface area contributed by atoms with E-state index in [-0.39, 0.29) is 11.8 Å². The van der Waals surface area contributed by atoms with E-state index in [4.69, 9.17) is 5.73 Å². The Balaban J connectivity index is 4.25. The van der Waals surface area contributed by atoms with E-state index in [9.17, 15) is 4.79 Å². The Morgan fingerprint density at radius 3 is 1.68 bits per heavy atom. The zero-order valence-corrected chi connectivity index (χ0v) is 13.4. The number of rotatable bonds is 10. The van der Waals surface area contributed by atoms with Crippen molar-refractivity contribution in [3.63, 3.8) is 0 Å². The van der Waals surface area contributed by atoms with Crippen molar-refractivity contribution in [3.05, 3.63) is 0 Å². The highest BCUT2D eigenvalue weighted by molar-refractivity contribution is 5.78. The molecule has 0 aromatic heterocycles. The molecule has 114 valence electrons. The van der Waals surface area contributed by atoms with Gasteiger partial charge in [-0.1, -0.05) is 6.92 Å². The van der Waals surface area contributed by atoms with E-state index < -0.39 is 0 Å². The minimum Gasteiger partial charge on any atom is -0.342 e. The van der Waals surface area contributed by atoms with Crippen LogP contribution in [-0.2, 0) is 4.79 Å². The molecule has 0 radical (unpaired) electrons. The van der Waals surface area contributed by atoms with Crippen LogP contribution in [0.4, 0.5) is 0 Å². The zero-order valence-electron chi connectivity index (χ0n) is 13.4. The van der Waals surface area contributed by atoms with Crippen LogP contribution >= 0.6 is 0 Å². The Morgan fingerprint density at radius 1 is 0.947 bits per heavy atom. The third-order valence-electron chi connectivity index (χ3n) is 3.15. The van der Waals surface area contributed by atoms with Crippen LogP contribution in [0.2, 0.25) is 0 Å². The minimum atomic E-state index is -0.0706. The van der Waals surface area contributed by atoms with Crippen molar-refractivity contribution in [3.8, 4) is 0 Å². The maximum Gasteiger partial charge on any atom is 0.226 e. The van der Waals surface area contributed by atoms with Gasteiger partial charge in [0, 0.05) is 25.6 Å². The molecule has 0 aliphatic rings. The molecular weight excluding hydrogens is 240 g/mol. The third kappa shape index (κ3) is 8.97. The lowest BCUT2D eigenvalue weighted by molar-refractivity contribution is -0.134. The van der Waals surface area contributed by atoms with Gasteiger partial charge >= 0.3 is 0 Å². The predicted octanol–water partition coefficient (Wildman–Crippen LogP) is 0.313. The van der Waals surface area contributed by atoms with Crippen LogP contribution in [0, 0.1) is 5.92 Å². The molecule has 1 unspecified atom stereocenters. The SMILES string of the molecule is CC(CN)C(=O)N(CCCN(C)C)CCCN(C)C. The number of nitrogens with zero attached hydrogens (tertiary/aromatic N) is 3. The van der Waals surface area contributed by atoms with Gasteiger partial charge in [-0.25, -0.2) is 0 Å². The molecule has 0 aliphatic heterocycles. The van der Waals surface area contributed by atoms with E-state index in [0.717, 1.165) is 39.0 Å². The first-order chi connectivity index (χ1) is 8.88. The Labute approximate surface area is 118 Å². The van der Waals surface area contributed by atoms with Gasteiger partial charge in [0.15, 0.2) is 0 Å². The second kappa shape index (κ2) is 10.2. The molecule has 0 bridgehead atoms. The fourth-order valence-corrected chi connectivity index (χ4v) is 1.90. The molecular formula is C14H32N4O. The van der Waals surface area contributed by atoms with Crippen LogP contribution in [0.1, 0.15) is 19.8 Å². The van der Waals surface area contributed by atoms with Crippen LogP contribution in [0.25, 0.3) is 0 Å². The lowest BCUT2D eigenvalue weighted by atomic mass is 10.1. The van der Waals surface area contributed by atoms with Crippen molar-refractivity contribution in [1.82, 2.24) is 14.7 Å². The molecule has 0 saturated heterocycles. The maximum absolute atomic E-state index is 12.2. The summed E-state index contributed by atoms with van der Waals surface area (Å²) in [4.78, 5) is 18.5. The fourth-order valence-electron chi connectivity index (χ4n) is 1.90. The number of hydrogen-bond acceptors (Lipinski definition) is 4. The predicted molar refractivity (Wildman–Crippen MR) is 81.1 cm³/mol. The second-order valence-electron chi connectivity index (χ2n) is 5.78. The average molecular weight is 272 g/mol. The summed E-state index contributed by atoms with van der Waals surface area (Å²) in [5.74, 6) is 0.124. The summed E-state index contributed by atoms with van der Waals surface area (Å²) in [6, 6.07) is 0. The molecule has 0 aliphatic carbocycles. The first-order valence-corrected chi connectivity index (χ1v) is 7.16. The van der Waals surface area contributed by atoms with Crippen LogP contribution in [0.3, 0.4) is 0 Å². The zero-order chi connectivity index (χ0) is 14.8. The van der Waals surface area contributed by atoms with Crippen molar-refractivity contribution >= 4 is 5.91 Å². The average Bonchev–Trinajstić information content (AvgIpc) is 2.34. The summed E-state index contributed by atoms with van der Waals surface area (Å²) in [6.45, 7) is 6.01. The fraction of sp³-hybridized carbons (Fsp3) is 0.929. The van der Waals surface area contributed by atoms with Gasteiger partial charge in [0.1, 0.15) is 0 Å². The lowest BCUT2D eigenvalue weighted by Gasteiger charge is -2.26. The number of carbonyl (C=O) groups excluding carboxylic acids is 1. The Bertz CT molecular complexity index is 230. The second-order valence-corrected chi connectivity index (χ2v) is 5.78. The summed E-state index contributed by atoms with van der Waals surface area (Å²) in [5, 5.41) is 0. The van der Waals surface area contributed by atoms with Crippen LogP contribution in [0.15, 0.2) is 0 Å². The number of hydrogen-bond donors (Lipinski definition) is 1. The number of carbonyl (C=O) groups is 1. The third-order valence-corrected chi connectivity index (χ3v) is 3.15. The standard InChI is InChI=1S/C14H32N4O/c1-13(12-15)14(19)18(10-6-8-16(2)3)11-7-9-17(4)5/h13H,6-12,15H2,1-5H3. The van der Waals surface area contributed by atoms with E-state index in [1.807, 2.05) is 11.8 Å². The Morgan fingerprint density at radius 2 is 1.37 bits per heavy atom. The molecule has 2 N–H and O–H groups in total. The van der Waals surface area contributed by atoms with Gasteiger partial charge in [-0.05, 0) is 54.1 Å². The molecule has 5 heteroatoms. The van der Waals surface area contributed by atoms with Gasteiger partial charge in [-0.3, -0.25) is 4.79 Å². The first-order valence-electron chi connectivity index (χ1n) is 7.16. The molecule has 0 saturated carbocycles. The molecule has 19 heavy (non-hydrogen) atoms. The molecule has 1 atom stereocenters. The molecule has 0 spiro atoms. The number of amides is 1. The van der Waals surface area contributed by atoms with E-state index >= 15 is 0 Å². The van der Waals surface area contributed by atoms with Crippen molar-refractivity contribution in [2.24, 2.45) is 11.7 Å². The first kappa shape index (κ1) is 18.4.